The highest BCUT2D eigenvalue weighted by atomic mass is 16.4. The van der Waals surface area contributed by atoms with E-state index in [0.29, 0.717) is 11.0 Å². The summed E-state index contributed by atoms with van der Waals surface area (Å²) >= 11 is 0. The van der Waals surface area contributed by atoms with Crippen LogP contribution in [-0.4, -0.2) is 21.0 Å². The summed E-state index contributed by atoms with van der Waals surface area (Å²) in [5.74, 6) is -1.10. The minimum Gasteiger partial charge on any atom is -0.476 e. The van der Waals surface area contributed by atoms with Crippen molar-refractivity contribution in [3.05, 3.63) is 42.6 Å². The molecule has 4 heteroatoms. The second kappa shape index (κ2) is 3.06. The van der Waals surface area contributed by atoms with Crippen LogP contribution in [0.1, 0.15) is 16.2 Å². The monoisotopic (exact) mass is 187 g/mol. The van der Waals surface area contributed by atoms with Crippen molar-refractivity contribution in [1.82, 2.24) is 9.97 Å². The Morgan fingerprint density at radius 2 is 1.79 bits per heavy atom. The molecule has 0 saturated heterocycles. The van der Waals surface area contributed by atoms with Gasteiger partial charge in [0.05, 0.1) is 16.7 Å². The zero-order chi connectivity index (χ0) is 10.1. The Kier molecular flexibility index (Phi) is 1.89. The Morgan fingerprint density at radius 3 is 2.36 bits per heavy atom. The summed E-state index contributed by atoms with van der Waals surface area (Å²) in [4.78, 5) is 18.7. The lowest BCUT2D eigenvalue weighted by atomic mass is 10.2. The van der Waals surface area contributed by atoms with Gasteiger partial charge in [0, 0.05) is 0 Å². The summed E-state index contributed by atoms with van der Waals surface area (Å²) in [6.45, 7) is 3.54. The summed E-state index contributed by atoms with van der Waals surface area (Å²) in [7, 11) is 0. The third-order valence-corrected chi connectivity index (χ3v) is 1.85. The van der Waals surface area contributed by atoms with Crippen LogP contribution >= 0.6 is 0 Å². The number of fused-ring (bicyclic) bond motifs is 1. The molecule has 0 aliphatic carbocycles. The molecule has 0 atom stereocenters. The van der Waals surface area contributed by atoms with Crippen LogP contribution in [-0.2, 0) is 0 Å². The van der Waals surface area contributed by atoms with Crippen LogP contribution in [0, 0.1) is 6.92 Å². The van der Waals surface area contributed by atoms with E-state index in [1.165, 1.54) is 0 Å². The second-order valence-electron chi connectivity index (χ2n) is 2.81. The van der Waals surface area contributed by atoms with Gasteiger partial charge >= 0.3 is 5.97 Å². The third-order valence-electron chi connectivity index (χ3n) is 1.85. The summed E-state index contributed by atoms with van der Waals surface area (Å²) in [5.41, 5.74) is 1.32. The quantitative estimate of drug-likeness (QED) is 0.735. The summed E-state index contributed by atoms with van der Waals surface area (Å²) in [6, 6.07) is 7.08. The largest absolute Gasteiger partial charge is 0.476 e. The molecular formula is C10H7N2O2. The highest BCUT2D eigenvalue weighted by molar-refractivity contribution is 5.89. The van der Waals surface area contributed by atoms with E-state index >= 15 is 0 Å². The molecule has 1 heterocycles. The number of aromatic nitrogens is 2. The second-order valence-corrected chi connectivity index (χ2v) is 2.81. The first-order valence-electron chi connectivity index (χ1n) is 4.00. The number of nitrogens with zero attached hydrogens (tertiary/aromatic N) is 2. The number of hydrogen-bond donors (Lipinski definition) is 1. The number of hydrogen-bond acceptors (Lipinski definition) is 3. The molecule has 69 valence electrons. The van der Waals surface area contributed by atoms with E-state index in [1.807, 2.05) is 6.07 Å². The maximum absolute atomic E-state index is 10.7. The van der Waals surface area contributed by atoms with Crippen molar-refractivity contribution in [2.45, 2.75) is 0 Å². The molecule has 2 rings (SSSR count). The number of carbonyl (C=O) groups is 1. The molecule has 1 aromatic heterocycles. The van der Waals surface area contributed by atoms with Gasteiger partial charge in [-0.1, -0.05) is 12.1 Å². The molecule has 0 unspecified atom stereocenters. The molecule has 4 nitrogen and oxygen atoms in total. The SMILES string of the molecule is [CH2]c1nc2ccccc2nc1C(=O)O. The van der Waals surface area contributed by atoms with Crippen molar-refractivity contribution < 1.29 is 9.90 Å². The highest BCUT2D eigenvalue weighted by Gasteiger charge is 2.11. The zero-order valence-electron chi connectivity index (χ0n) is 7.27. The number of carboxylic acids is 1. The zero-order valence-corrected chi connectivity index (χ0v) is 7.27. The first-order valence-corrected chi connectivity index (χ1v) is 4.00. The van der Waals surface area contributed by atoms with Crippen molar-refractivity contribution in [2.24, 2.45) is 0 Å². The van der Waals surface area contributed by atoms with Crippen molar-refractivity contribution in [3.8, 4) is 0 Å². The van der Waals surface area contributed by atoms with E-state index in [4.69, 9.17) is 5.11 Å². The lowest BCUT2D eigenvalue weighted by molar-refractivity contribution is 0.0690. The van der Waals surface area contributed by atoms with Crippen LogP contribution in [0.4, 0.5) is 0 Å². The number of aromatic carboxylic acids is 1. The predicted octanol–water partition coefficient (Wildman–Crippen LogP) is 1.51. The van der Waals surface area contributed by atoms with Gasteiger partial charge in [0.2, 0.25) is 0 Å². The average molecular weight is 187 g/mol. The standard InChI is InChI=1S/C10H7N2O2/c1-6-9(10(13)14)12-8-5-3-2-4-7(8)11-6/h2-5H,1H2,(H,13,14). The first-order chi connectivity index (χ1) is 6.68. The van der Waals surface area contributed by atoms with Crippen LogP contribution in [0.25, 0.3) is 11.0 Å². The molecule has 14 heavy (non-hydrogen) atoms. The van der Waals surface area contributed by atoms with Gasteiger partial charge < -0.3 is 5.11 Å². The van der Waals surface area contributed by atoms with Gasteiger partial charge in [-0.3, -0.25) is 0 Å². The van der Waals surface area contributed by atoms with Gasteiger partial charge in [-0.05, 0) is 19.1 Å². The van der Waals surface area contributed by atoms with Crippen LogP contribution in [0.15, 0.2) is 24.3 Å². The molecule has 1 N–H and O–H groups in total. The first kappa shape index (κ1) is 8.62. The smallest absolute Gasteiger partial charge is 0.356 e. The van der Waals surface area contributed by atoms with E-state index < -0.39 is 5.97 Å². The molecule has 0 aliphatic heterocycles. The maximum atomic E-state index is 10.7. The fourth-order valence-electron chi connectivity index (χ4n) is 1.21. The lowest BCUT2D eigenvalue weighted by Crippen LogP contribution is -2.05. The predicted molar refractivity (Wildman–Crippen MR) is 51.0 cm³/mol. The van der Waals surface area contributed by atoms with E-state index in [2.05, 4.69) is 16.9 Å². The lowest BCUT2D eigenvalue weighted by Gasteiger charge is -2.01. The third kappa shape index (κ3) is 1.31. The van der Waals surface area contributed by atoms with Gasteiger partial charge in [-0.2, -0.15) is 0 Å². The number of benzene rings is 1. The molecule has 1 aromatic carbocycles. The number of rotatable bonds is 1. The molecule has 1 radical (unpaired) electrons. The van der Waals surface area contributed by atoms with Crippen molar-refractivity contribution >= 4 is 17.0 Å². The fraction of sp³-hybridized carbons (Fsp3) is 0. The molecular weight excluding hydrogens is 180 g/mol. The Hall–Kier alpha value is -1.97. The Bertz CT molecular complexity index is 508. The maximum Gasteiger partial charge on any atom is 0.356 e. The Morgan fingerprint density at radius 1 is 1.21 bits per heavy atom. The summed E-state index contributed by atoms with van der Waals surface area (Å²) in [6.07, 6.45) is 0. The molecule has 2 aromatic rings. The van der Waals surface area contributed by atoms with Crippen LogP contribution in [0.5, 0.6) is 0 Å². The van der Waals surface area contributed by atoms with E-state index in [1.54, 1.807) is 18.2 Å². The molecule has 0 spiro atoms. The summed E-state index contributed by atoms with van der Waals surface area (Å²) < 4.78 is 0. The molecule has 0 amide bonds. The van der Waals surface area contributed by atoms with Crippen molar-refractivity contribution in [1.29, 1.82) is 0 Å². The molecule has 0 aliphatic rings. The minimum atomic E-state index is -1.10. The van der Waals surface area contributed by atoms with Crippen molar-refractivity contribution in [2.75, 3.05) is 0 Å². The van der Waals surface area contributed by atoms with E-state index in [-0.39, 0.29) is 11.4 Å². The Balaban J connectivity index is 2.77. The van der Waals surface area contributed by atoms with Crippen LogP contribution < -0.4 is 0 Å². The van der Waals surface area contributed by atoms with Crippen LogP contribution in [0.2, 0.25) is 0 Å². The van der Waals surface area contributed by atoms with Gasteiger partial charge in [-0.25, -0.2) is 14.8 Å². The van der Waals surface area contributed by atoms with Gasteiger partial charge in [0.25, 0.3) is 0 Å². The minimum absolute atomic E-state index is 0.0938. The average Bonchev–Trinajstić information content (AvgIpc) is 2.16. The van der Waals surface area contributed by atoms with Gasteiger partial charge in [0.15, 0.2) is 5.69 Å². The number of carboxylic acid groups (broad SMARTS) is 1. The highest BCUT2D eigenvalue weighted by Crippen LogP contribution is 2.11. The Labute approximate surface area is 80.2 Å². The number of para-hydroxylation sites is 2. The van der Waals surface area contributed by atoms with Gasteiger partial charge in [0.1, 0.15) is 0 Å². The van der Waals surface area contributed by atoms with E-state index in [0.717, 1.165) is 0 Å². The van der Waals surface area contributed by atoms with E-state index in [9.17, 15) is 4.79 Å². The topological polar surface area (TPSA) is 63.1 Å². The molecule has 0 bridgehead atoms. The normalized spacial score (nSPS) is 10.4. The van der Waals surface area contributed by atoms with Crippen molar-refractivity contribution in [3.63, 3.8) is 0 Å². The fourth-order valence-corrected chi connectivity index (χ4v) is 1.21. The molecule has 0 saturated carbocycles. The van der Waals surface area contributed by atoms with Gasteiger partial charge in [-0.15, -0.1) is 0 Å². The summed E-state index contributed by atoms with van der Waals surface area (Å²) in [5, 5.41) is 8.78. The van der Waals surface area contributed by atoms with Crippen LogP contribution in [0.3, 0.4) is 0 Å². The molecule has 0 fully saturated rings.